The first-order valence-corrected chi connectivity index (χ1v) is 9.10. The summed E-state index contributed by atoms with van der Waals surface area (Å²) in [5, 5.41) is 15.3. The number of carbonyl (C=O) groups excluding carboxylic acids is 1. The Labute approximate surface area is 147 Å². The molecule has 25 heavy (non-hydrogen) atoms. The highest BCUT2D eigenvalue weighted by Crippen LogP contribution is 2.36. The van der Waals surface area contributed by atoms with Crippen LogP contribution in [0.4, 0.5) is 5.69 Å². The predicted octanol–water partition coefficient (Wildman–Crippen LogP) is 2.35. The van der Waals surface area contributed by atoms with Crippen LogP contribution in [0.2, 0.25) is 0 Å². The Kier molecular flexibility index (Phi) is 4.38. The van der Waals surface area contributed by atoms with Gasteiger partial charge in [0.15, 0.2) is 5.82 Å². The molecule has 0 unspecified atom stereocenters. The molecular weight excluding hydrogens is 316 g/mol. The fourth-order valence-corrected chi connectivity index (χ4v) is 3.39. The summed E-state index contributed by atoms with van der Waals surface area (Å²) in [5.74, 6) is 1.59. The number of likely N-dealkylation sites (tertiary alicyclic amines) is 1. The highest BCUT2D eigenvalue weighted by atomic mass is 16.2. The second kappa shape index (κ2) is 6.82. The first kappa shape index (κ1) is 16.1. The van der Waals surface area contributed by atoms with Gasteiger partial charge in [0, 0.05) is 24.3 Å². The van der Waals surface area contributed by atoms with E-state index in [0.29, 0.717) is 18.5 Å². The fraction of sp³-hybridized carbons (Fsp3) is 0.556. The van der Waals surface area contributed by atoms with Crippen molar-refractivity contribution in [3.63, 3.8) is 0 Å². The minimum absolute atomic E-state index is 0.174. The first-order valence-electron chi connectivity index (χ1n) is 9.10. The van der Waals surface area contributed by atoms with Crippen molar-refractivity contribution in [3.8, 4) is 11.4 Å². The van der Waals surface area contributed by atoms with E-state index in [0.717, 1.165) is 49.4 Å². The van der Waals surface area contributed by atoms with E-state index < -0.39 is 0 Å². The zero-order valence-electron chi connectivity index (χ0n) is 14.6. The van der Waals surface area contributed by atoms with Crippen molar-refractivity contribution in [1.29, 1.82) is 0 Å². The third kappa shape index (κ3) is 3.65. The molecule has 1 atom stereocenters. The largest absolute Gasteiger partial charge is 0.376 e. The summed E-state index contributed by atoms with van der Waals surface area (Å²) < 4.78 is 1.91. The third-order valence-corrected chi connectivity index (χ3v) is 4.98. The van der Waals surface area contributed by atoms with Gasteiger partial charge in [-0.1, -0.05) is 6.92 Å². The van der Waals surface area contributed by atoms with E-state index in [1.54, 1.807) is 0 Å². The van der Waals surface area contributed by atoms with Crippen LogP contribution in [0.3, 0.4) is 0 Å². The Morgan fingerprint density at radius 1 is 1.24 bits per heavy atom. The van der Waals surface area contributed by atoms with Crippen molar-refractivity contribution in [1.82, 2.24) is 25.1 Å². The minimum Gasteiger partial charge on any atom is -0.376 e. The second-order valence-electron chi connectivity index (χ2n) is 7.20. The maximum Gasteiger partial charge on any atom is 0.241 e. The number of hydrogen-bond donors (Lipinski definition) is 1. The summed E-state index contributed by atoms with van der Waals surface area (Å²) in [6, 6.07) is 8.41. The Balaban J connectivity index is 1.36. The van der Waals surface area contributed by atoms with Crippen molar-refractivity contribution in [2.75, 3.05) is 25.0 Å². The quantitative estimate of drug-likeness (QED) is 0.904. The Hall–Kier alpha value is -2.44. The number of nitrogens with zero attached hydrogens (tertiary/aromatic N) is 5. The molecular formula is C18H24N6O. The van der Waals surface area contributed by atoms with E-state index in [9.17, 15) is 4.79 Å². The number of aromatic nitrogens is 4. The summed E-state index contributed by atoms with van der Waals surface area (Å²) in [6.07, 6.45) is 4.63. The van der Waals surface area contributed by atoms with E-state index in [1.165, 1.54) is 6.42 Å². The van der Waals surface area contributed by atoms with E-state index in [-0.39, 0.29) is 5.91 Å². The molecule has 7 heteroatoms. The van der Waals surface area contributed by atoms with Gasteiger partial charge in [0.05, 0.1) is 12.6 Å². The van der Waals surface area contributed by atoms with Crippen LogP contribution in [0, 0.1) is 5.92 Å². The summed E-state index contributed by atoms with van der Waals surface area (Å²) >= 11 is 0. The molecule has 1 aliphatic carbocycles. The number of nitrogens with one attached hydrogen (secondary N) is 1. The topological polar surface area (TPSA) is 75.9 Å². The number of benzene rings is 1. The minimum atomic E-state index is 0.174. The number of anilines is 1. The number of tetrazole rings is 1. The van der Waals surface area contributed by atoms with Crippen LogP contribution in [0.15, 0.2) is 24.3 Å². The highest BCUT2D eigenvalue weighted by molar-refractivity contribution is 5.81. The van der Waals surface area contributed by atoms with Gasteiger partial charge in [-0.05, 0) is 66.3 Å². The first-order chi connectivity index (χ1) is 12.2. The van der Waals surface area contributed by atoms with Crippen molar-refractivity contribution in [2.24, 2.45) is 5.92 Å². The average molecular weight is 340 g/mol. The van der Waals surface area contributed by atoms with Gasteiger partial charge in [-0.15, -0.1) is 5.10 Å². The lowest BCUT2D eigenvalue weighted by molar-refractivity contribution is -0.130. The van der Waals surface area contributed by atoms with Gasteiger partial charge >= 0.3 is 0 Å². The lowest BCUT2D eigenvalue weighted by Gasteiger charge is -2.31. The Bertz CT molecular complexity index is 736. The molecule has 1 N–H and O–H groups in total. The van der Waals surface area contributed by atoms with Crippen LogP contribution in [-0.4, -0.2) is 50.6 Å². The van der Waals surface area contributed by atoms with Gasteiger partial charge in [-0.3, -0.25) is 4.79 Å². The molecule has 0 radical (unpaired) electrons. The van der Waals surface area contributed by atoms with E-state index in [2.05, 4.69) is 27.8 Å². The van der Waals surface area contributed by atoms with Gasteiger partial charge in [0.2, 0.25) is 5.91 Å². The molecule has 2 fully saturated rings. The lowest BCUT2D eigenvalue weighted by Crippen LogP contribution is -2.41. The van der Waals surface area contributed by atoms with Gasteiger partial charge in [-0.2, -0.15) is 0 Å². The highest BCUT2D eigenvalue weighted by Gasteiger charge is 2.28. The molecule has 132 valence electrons. The third-order valence-electron chi connectivity index (χ3n) is 4.98. The van der Waals surface area contributed by atoms with Gasteiger partial charge < -0.3 is 10.2 Å². The lowest BCUT2D eigenvalue weighted by atomic mass is 10.0. The summed E-state index contributed by atoms with van der Waals surface area (Å²) in [4.78, 5) is 14.3. The summed E-state index contributed by atoms with van der Waals surface area (Å²) in [7, 11) is 0. The normalized spacial score (nSPS) is 20.5. The molecule has 0 bridgehead atoms. The second-order valence-corrected chi connectivity index (χ2v) is 7.20. The molecule has 1 aromatic heterocycles. The fourth-order valence-electron chi connectivity index (χ4n) is 3.39. The Morgan fingerprint density at radius 2 is 2.04 bits per heavy atom. The number of carbonyl (C=O) groups is 1. The monoisotopic (exact) mass is 340 g/mol. The van der Waals surface area contributed by atoms with Gasteiger partial charge in [0.25, 0.3) is 0 Å². The molecule has 1 aliphatic heterocycles. The number of hydrogen-bond acceptors (Lipinski definition) is 5. The number of rotatable bonds is 5. The van der Waals surface area contributed by atoms with Crippen LogP contribution in [-0.2, 0) is 4.79 Å². The molecule has 4 rings (SSSR count). The van der Waals surface area contributed by atoms with E-state index in [4.69, 9.17) is 0 Å². The van der Waals surface area contributed by atoms with Gasteiger partial charge in [0.1, 0.15) is 0 Å². The molecule has 1 saturated heterocycles. The Morgan fingerprint density at radius 3 is 2.76 bits per heavy atom. The van der Waals surface area contributed by atoms with Crippen molar-refractivity contribution >= 4 is 11.6 Å². The van der Waals surface area contributed by atoms with Gasteiger partial charge in [-0.25, -0.2) is 4.68 Å². The molecule has 7 nitrogen and oxygen atoms in total. The number of piperidine rings is 1. The summed E-state index contributed by atoms with van der Waals surface area (Å²) in [5.41, 5.74) is 1.94. The zero-order chi connectivity index (χ0) is 17.2. The molecule has 2 aliphatic rings. The SMILES string of the molecule is C[C@H]1CCCN(C(=O)CNc2ccc(-c3nnnn3C3CC3)cc2)C1. The van der Waals surface area contributed by atoms with E-state index >= 15 is 0 Å². The van der Waals surface area contributed by atoms with Crippen LogP contribution in [0.1, 0.15) is 38.6 Å². The van der Waals surface area contributed by atoms with Crippen molar-refractivity contribution < 1.29 is 4.79 Å². The maximum atomic E-state index is 12.3. The molecule has 1 aromatic carbocycles. The molecule has 2 aromatic rings. The van der Waals surface area contributed by atoms with Crippen molar-refractivity contribution in [2.45, 2.75) is 38.6 Å². The van der Waals surface area contributed by atoms with Crippen LogP contribution < -0.4 is 5.32 Å². The maximum absolute atomic E-state index is 12.3. The molecule has 1 amide bonds. The zero-order valence-corrected chi connectivity index (χ0v) is 14.6. The predicted molar refractivity (Wildman–Crippen MR) is 95.0 cm³/mol. The molecule has 0 spiro atoms. The van der Waals surface area contributed by atoms with E-state index in [1.807, 2.05) is 33.8 Å². The summed E-state index contributed by atoms with van der Waals surface area (Å²) in [6.45, 7) is 4.31. The molecule has 2 heterocycles. The standard InChI is InChI=1S/C18H24N6O/c1-13-3-2-10-23(12-13)17(25)11-19-15-6-4-14(5-7-15)18-20-21-22-24(18)16-8-9-16/h4-7,13,16,19H,2-3,8-12H2,1H3/t13-/m0/s1. The number of amides is 1. The van der Waals surface area contributed by atoms with Crippen molar-refractivity contribution in [3.05, 3.63) is 24.3 Å². The molecule has 1 saturated carbocycles. The van der Waals surface area contributed by atoms with Crippen LogP contribution in [0.25, 0.3) is 11.4 Å². The smallest absolute Gasteiger partial charge is 0.241 e. The van der Waals surface area contributed by atoms with Crippen LogP contribution >= 0.6 is 0 Å². The van der Waals surface area contributed by atoms with Crippen LogP contribution in [0.5, 0.6) is 0 Å². The average Bonchev–Trinajstić information content (AvgIpc) is 3.37.